The molecule has 0 fully saturated rings. The molecule has 10 heteroatoms. The van der Waals surface area contributed by atoms with Crippen molar-refractivity contribution in [2.75, 3.05) is 0 Å². The van der Waals surface area contributed by atoms with Crippen LogP contribution in [0.5, 0.6) is 11.5 Å². The Morgan fingerprint density at radius 1 is 1.10 bits per heavy atom. The SMILES string of the molecule is O=C(O)/C(=C/c1ccc(Oc2ccccc2Br)cc1)NC(=O)c1ccc([N+](=O)[O-])o1. The molecule has 2 aromatic carbocycles. The number of hydrogen-bond donors (Lipinski definition) is 2. The maximum Gasteiger partial charge on any atom is 0.433 e. The molecule has 2 N–H and O–H groups in total. The highest BCUT2D eigenvalue weighted by Crippen LogP contribution is 2.29. The molecule has 152 valence electrons. The summed E-state index contributed by atoms with van der Waals surface area (Å²) in [7, 11) is 0. The first-order valence-corrected chi connectivity index (χ1v) is 9.16. The lowest BCUT2D eigenvalue weighted by Crippen LogP contribution is -2.26. The summed E-state index contributed by atoms with van der Waals surface area (Å²) in [5.74, 6) is -2.18. The van der Waals surface area contributed by atoms with E-state index in [-0.39, 0.29) is 5.76 Å². The Morgan fingerprint density at radius 3 is 2.40 bits per heavy atom. The van der Waals surface area contributed by atoms with Crippen molar-refractivity contribution in [3.8, 4) is 11.5 Å². The number of ether oxygens (including phenoxy) is 1. The molecule has 3 aromatic rings. The summed E-state index contributed by atoms with van der Waals surface area (Å²) in [6, 6.07) is 15.9. The number of para-hydroxylation sites is 1. The summed E-state index contributed by atoms with van der Waals surface area (Å²) in [6.45, 7) is 0. The molecule has 0 atom stereocenters. The van der Waals surface area contributed by atoms with Crippen LogP contribution in [0.1, 0.15) is 16.1 Å². The van der Waals surface area contributed by atoms with E-state index in [4.69, 9.17) is 9.15 Å². The van der Waals surface area contributed by atoms with E-state index in [2.05, 4.69) is 21.2 Å². The van der Waals surface area contributed by atoms with E-state index in [1.54, 1.807) is 30.3 Å². The van der Waals surface area contributed by atoms with Crippen LogP contribution in [-0.2, 0) is 4.79 Å². The monoisotopic (exact) mass is 472 g/mol. The summed E-state index contributed by atoms with van der Waals surface area (Å²) in [5.41, 5.74) is 0.0520. The molecule has 0 bridgehead atoms. The van der Waals surface area contributed by atoms with E-state index in [0.717, 1.165) is 16.6 Å². The first-order chi connectivity index (χ1) is 14.3. The highest BCUT2D eigenvalue weighted by atomic mass is 79.9. The van der Waals surface area contributed by atoms with Gasteiger partial charge in [-0.05, 0) is 57.9 Å². The third-order valence-electron chi connectivity index (χ3n) is 3.73. The Kier molecular flexibility index (Phi) is 6.28. The Morgan fingerprint density at radius 2 is 1.80 bits per heavy atom. The summed E-state index contributed by atoms with van der Waals surface area (Å²) >= 11 is 3.38. The maximum absolute atomic E-state index is 12.1. The molecule has 0 aliphatic carbocycles. The third kappa shape index (κ3) is 5.11. The molecule has 30 heavy (non-hydrogen) atoms. The van der Waals surface area contributed by atoms with Crippen LogP contribution >= 0.6 is 15.9 Å². The van der Waals surface area contributed by atoms with Crippen molar-refractivity contribution < 1.29 is 28.8 Å². The van der Waals surface area contributed by atoms with Crippen LogP contribution in [0, 0.1) is 10.1 Å². The largest absolute Gasteiger partial charge is 0.477 e. The zero-order chi connectivity index (χ0) is 21.7. The van der Waals surface area contributed by atoms with E-state index in [1.807, 2.05) is 18.2 Å². The van der Waals surface area contributed by atoms with E-state index in [1.165, 1.54) is 6.08 Å². The van der Waals surface area contributed by atoms with Gasteiger partial charge in [-0.3, -0.25) is 14.9 Å². The van der Waals surface area contributed by atoms with E-state index in [0.29, 0.717) is 17.1 Å². The molecule has 1 aromatic heterocycles. The molecule has 9 nitrogen and oxygen atoms in total. The van der Waals surface area contributed by atoms with Gasteiger partial charge in [0.1, 0.15) is 22.1 Å². The Labute approximate surface area is 177 Å². The maximum atomic E-state index is 12.1. The summed E-state index contributed by atoms with van der Waals surface area (Å²) in [4.78, 5) is 33.4. The second-order valence-corrected chi connectivity index (χ2v) is 6.67. The van der Waals surface area contributed by atoms with Crippen LogP contribution in [0.15, 0.2) is 75.3 Å². The zero-order valence-corrected chi connectivity index (χ0v) is 16.7. The molecule has 0 saturated heterocycles. The number of carboxylic acid groups (broad SMARTS) is 1. The van der Waals surface area contributed by atoms with Crippen molar-refractivity contribution in [3.63, 3.8) is 0 Å². The molecule has 1 amide bonds. The molecule has 0 unspecified atom stereocenters. The van der Waals surface area contributed by atoms with Gasteiger partial charge in [-0.2, -0.15) is 0 Å². The minimum Gasteiger partial charge on any atom is -0.477 e. The number of amides is 1. The van der Waals surface area contributed by atoms with Crippen LogP contribution in [0.4, 0.5) is 5.88 Å². The molecule has 3 rings (SSSR count). The number of halogens is 1. The number of carboxylic acids is 1. The average Bonchev–Trinajstić information content (AvgIpc) is 3.21. The Hall–Kier alpha value is -3.92. The van der Waals surface area contributed by atoms with Gasteiger partial charge in [0, 0.05) is 0 Å². The first-order valence-electron chi connectivity index (χ1n) is 8.36. The van der Waals surface area contributed by atoms with Gasteiger partial charge in [0.15, 0.2) is 5.76 Å². The summed E-state index contributed by atoms with van der Waals surface area (Å²) in [5, 5.41) is 22.1. The number of rotatable bonds is 7. The number of aliphatic carboxylic acids is 1. The quantitative estimate of drug-likeness (QED) is 0.291. The van der Waals surface area contributed by atoms with Gasteiger partial charge in [-0.25, -0.2) is 4.79 Å². The number of nitrogens with one attached hydrogen (secondary N) is 1. The summed E-state index contributed by atoms with van der Waals surface area (Å²) < 4.78 is 11.3. The molecule has 0 spiro atoms. The normalized spacial score (nSPS) is 11.0. The lowest BCUT2D eigenvalue weighted by Gasteiger charge is -2.08. The first kappa shape index (κ1) is 20.8. The predicted octanol–water partition coefficient (Wildman–Crippen LogP) is 4.60. The van der Waals surface area contributed by atoms with Gasteiger partial charge in [0.2, 0.25) is 0 Å². The van der Waals surface area contributed by atoms with E-state index in [9.17, 15) is 24.8 Å². The fourth-order valence-corrected chi connectivity index (χ4v) is 2.70. The van der Waals surface area contributed by atoms with Gasteiger partial charge in [0.05, 0.1) is 10.5 Å². The van der Waals surface area contributed by atoms with Crippen LogP contribution in [0.3, 0.4) is 0 Å². The topological polar surface area (TPSA) is 132 Å². The van der Waals surface area contributed by atoms with Crippen molar-refractivity contribution in [1.82, 2.24) is 5.32 Å². The number of carbonyl (C=O) groups is 2. The minimum atomic E-state index is -1.39. The predicted molar refractivity (Wildman–Crippen MR) is 109 cm³/mol. The molecule has 0 aliphatic rings. The smallest absolute Gasteiger partial charge is 0.433 e. The van der Waals surface area contributed by atoms with Gasteiger partial charge >= 0.3 is 11.9 Å². The zero-order valence-electron chi connectivity index (χ0n) is 15.1. The van der Waals surface area contributed by atoms with Gasteiger partial charge in [-0.1, -0.05) is 24.3 Å². The number of furan rings is 1. The van der Waals surface area contributed by atoms with Crippen LogP contribution in [0.2, 0.25) is 0 Å². The van der Waals surface area contributed by atoms with Crippen molar-refractivity contribution in [1.29, 1.82) is 0 Å². The second kappa shape index (κ2) is 9.05. The molecule has 0 radical (unpaired) electrons. The van der Waals surface area contributed by atoms with E-state index < -0.39 is 28.4 Å². The number of nitro groups is 1. The van der Waals surface area contributed by atoms with Crippen LogP contribution in [-0.4, -0.2) is 21.9 Å². The number of carbonyl (C=O) groups excluding carboxylic acids is 1. The van der Waals surface area contributed by atoms with Crippen LogP contribution in [0.25, 0.3) is 6.08 Å². The van der Waals surface area contributed by atoms with Crippen molar-refractivity contribution in [2.45, 2.75) is 0 Å². The third-order valence-corrected chi connectivity index (χ3v) is 4.38. The van der Waals surface area contributed by atoms with Crippen LogP contribution < -0.4 is 10.1 Å². The fourth-order valence-electron chi connectivity index (χ4n) is 2.34. The molecule has 0 saturated carbocycles. The molecular formula is C20H13BrN2O7. The standard InChI is InChI=1S/C20H13BrN2O7/c21-14-3-1-2-4-16(14)29-13-7-5-12(6-8-13)11-15(20(25)26)22-19(24)17-9-10-18(30-17)23(27)28/h1-11H,(H,22,24)(H,25,26)/b15-11-. The van der Waals surface area contributed by atoms with Gasteiger partial charge < -0.3 is 19.6 Å². The number of benzene rings is 2. The average molecular weight is 473 g/mol. The lowest BCUT2D eigenvalue weighted by atomic mass is 10.2. The number of hydrogen-bond acceptors (Lipinski definition) is 6. The van der Waals surface area contributed by atoms with Crippen molar-refractivity contribution in [3.05, 3.63) is 92.3 Å². The second-order valence-electron chi connectivity index (χ2n) is 5.81. The molecular weight excluding hydrogens is 460 g/mol. The molecule has 1 heterocycles. The summed E-state index contributed by atoms with van der Waals surface area (Å²) in [6.07, 6.45) is 1.24. The highest BCUT2D eigenvalue weighted by molar-refractivity contribution is 9.10. The van der Waals surface area contributed by atoms with E-state index >= 15 is 0 Å². The highest BCUT2D eigenvalue weighted by Gasteiger charge is 2.20. The van der Waals surface area contributed by atoms with Gasteiger partial charge in [-0.15, -0.1) is 0 Å². The fraction of sp³-hybridized carbons (Fsp3) is 0. The van der Waals surface area contributed by atoms with Gasteiger partial charge in [0.25, 0.3) is 5.91 Å². The minimum absolute atomic E-state index is 0.383. The number of nitrogens with zero attached hydrogens (tertiary/aromatic N) is 1. The van der Waals surface area contributed by atoms with Crippen molar-refractivity contribution >= 4 is 39.8 Å². The Bertz CT molecular complexity index is 1140. The molecule has 0 aliphatic heterocycles. The van der Waals surface area contributed by atoms with Crippen molar-refractivity contribution in [2.24, 2.45) is 0 Å². The lowest BCUT2D eigenvalue weighted by molar-refractivity contribution is -0.402. The Balaban J connectivity index is 1.74.